The van der Waals surface area contributed by atoms with Crippen LogP contribution in [-0.2, 0) is 9.53 Å². The van der Waals surface area contributed by atoms with Gasteiger partial charge in [0, 0.05) is 37.9 Å². The quantitative estimate of drug-likeness (QED) is 0.918. The molecule has 5 nitrogen and oxygen atoms in total. The summed E-state index contributed by atoms with van der Waals surface area (Å²) in [6, 6.07) is 8.61. The number of nitrogens with zero attached hydrogens (tertiary/aromatic N) is 2. The van der Waals surface area contributed by atoms with Gasteiger partial charge in [0.25, 0.3) is 0 Å². The monoisotopic (exact) mass is 317 g/mol. The number of amides is 1. The summed E-state index contributed by atoms with van der Waals surface area (Å²) in [6.07, 6.45) is 2.30. The Bertz CT molecular complexity index is 504. The highest BCUT2D eigenvalue weighted by atomic mass is 16.5. The predicted molar refractivity (Wildman–Crippen MR) is 91.7 cm³/mol. The number of morpholine rings is 1. The Morgan fingerprint density at radius 2 is 1.78 bits per heavy atom. The maximum atomic E-state index is 12.2. The molecule has 2 fully saturated rings. The number of nitrogens with one attached hydrogen (secondary N) is 1. The lowest BCUT2D eigenvalue weighted by Gasteiger charge is -2.39. The molecule has 2 heterocycles. The first-order valence-corrected chi connectivity index (χ1v) is 8.61. The molecule has 1 N–H and O–H groups in total. The van der Waals surface area contributed by atoms with Crippen LogP contribution in [0, 0.1) is 6.92 Å². The number of benzene rings is 1. The van der Waals surface area contributed by atoms with Gasteiger partial charge in [-0.3, -0.25) is 14.6 Å². The minimum Gasteiger partial charge on any atom is -0.379 e. The van der Waals surface area contributed by atoms with Gasteiger partial charge in [-0.05, 0) is 31.9 Å². The molecule has 0 saturated carbocycles. The highest BCUT2D eigenvalue weighted by molar-refractivity contribution is 5.92. The number of likely N-dealkylation sites (tertiary alicyclic amines) is 1. The van der Waals surface area contributed by atoms with Gasteiger partial charge in [0.2, 0.25) is 5.91 Å². The zero-order valence-corrected chi connectivity index (χ0v) is 14.0. The van der Waals surface area contributed by atoms with Gasteiger partial charge in [0.1, 0.15) is 0 Å². The van der Waals surface area contributed by atoms with Gasteiger partial charge in [-0.25, -0.2) is 0 Å². The summed E-state index contributed by atoms with van der Waals surface area (Å²) >= 11 is 0. The average Bonchev–Trinajstić information content (AvgIpc) is 2.58. The van der Waals surface area contributed by atoms with Crippen LogP contribution < -0.4 is 5.32 Å². The molecule has 2 aliphatic heterocycles. The maximum Gasteiger partial charge on any atom is 0.238 e. The topological polar surface area (TPSA) is 44.8 Å². The van der Waals surface area contributed by atoms with Crippen molar-refractivity contribution in [3.8, 4) is 0 Å². The fourth-order valence-corrected chi connectivity index (χ4v) is 3.43. The summed E-state index contributed by atoms with van der Waals surface area (Å²) < 4.78 is 5.42. The van der Waals surface area contributed by atoms with Gasteiger partial charge in [-0.2, -0.15) is 0 Å². The second-order valence-electron chi connectivity index (χ2n) is 6.57. The third-order valence-electron chi connectivity index (χ3n) is 4.82. The number of carbonyl (C=O) groups excluding carboxylic acids is 1. The van der Waals surface area contributed by atoms with E-state index < -0.39 is 0 Å². The molecule has 5 heteroatoms. The van der Waals surface area contributed by atoms with E-state index in [4.69, 9.17) is 4.74 Å². The first kappa shape index (κ1) is 16.4. The Morgan fingerprint density at radius 1 is 1.13 bits per heavy atom. The van der Waals surface area contributed by atoms with Crippen LogP contribution in [0.5, 0.6) is 0 Å². The Morgan fingerprint density at radius 3 is 2.43 bits per heavy atom. The average molecular weight is 317 g/mol. The number of rotatable bonds is 4. The third kappa shape index (κ3) is 4.77. The number of hydrogen-bond donors (Lipinski definition) is 1. The Hall–Kier alpha value is -1.43. The van der Waals surface area contributed by atoms with Gasteiger partial charge < -0.3 is 10.1 Å². The van der Waals surface area contributed by atoms with Crippen LogP contribution in [0.3, 0.4) is 0 Å². The minimum atomic E-state index is 0.0821. The van der Waals surface area contributed by atoms with E-state index in [-0.39, 0.29) is 5.91 Å². The van der Waals surface area contributed by atoms with Gasteiger partial charge in [-0.15, -0.1) is 0 Å². The van der Waals surface area contributed by atoms with Gasteiger partial charge in [-0.1, -0.05) is 17.7 Å². The van der Waals surface area contributed by atoms with Crippen LogP contribution in [0.25, 0.3) is 0 Å². The SMILES string of the molecule is Cc1ccc(NC(=O)CN2CCC(N3CCOCC3)CC2)cc1. The molecule has 1 aromatic carbocycles. The first-order valence-electron chi connectivity index (χ1n) is 8.61. The predicted octanol–water partition coefficient (Wildman–Crippen LogP) is 1.73. The number of aryl methyl sites for hydroxylation is 1. The molecule has 0 atom stereocenters. The number of carbonyl (C=O) groups is 1. The second-order valence-corrected chi connectivity index (χ2v) is 6.57. The number of piperidine rings is 1. The molecule has 0 radical (unpaired) electrons. The smallest absolute Gasteiger partial charge is 0.238 e. The molecular formula is C18H27N3O2. The van der Waals surface area contributed by atoms with Crippen molar-refractivity contribution in [2.45, 2.75) is 25.8 Å². The van der Waals surface area contributed by atoms with E-state index >= 15 is 0 Å². The zero-order chi connectivity index (χ0) is 16.1. The largest absolute Gasteiger partial charge is 0.379 e. The van der Waals surface area contributed by atoms with Crippen molar-refractivity contribution in [2.75, 3.05) is 51.3 Å². The van der Waals surface area contributed by atoms with Crippen molar-refractivity contribution in [3.63, 3.8) is 0 Å². The summed E-state index contributed by atoms with van der Waals surface area (Å²) in [5.74, 6) is 0.0821. The first-order chi connectivity index (χ1) is 11.2. The molecule has 1 aromatic rings. The van der Waals surface area contributed by atoms with Crippen LogP contribution in [0.4, 0.5) is 5.69 Å². The molecule has 0 spiro atoms. The highest BCUT2D eigenvalue weighted by Crippen LogP contribution is 2.18. The molecule has 23 heavy (non-hydrogen) atoms. The van der Waals surface area contributed by atoms with Crippen molar-refractivity contribution in [3.05, 3.63) is 29.8 Å². The minimum absolute atomic E-state index is 0.0821. The van der Waals surface area contributed by atoms with Crippen LogP contribution in [0.15, 0.2) is 24.3 Å². The van der Waals surface area contributed by atoms with Gasteiger partial charge >= 0.3 is 0 Å². The Balaban J connectivity index is 1.41. The molecule has 0 aliphatic carbocycles. The Labute approximate surface area is 138 Å². The van der Waals surface area contributed by atoms with E-state index in [9.17, 15) is 4.79 Å². The van der Waals surface area contributed by atoms with Crippen LogP contribution in [0.2, 0.25) is 0 Å². The number of hydrogen-bond acceptors (Lipinski definition) is 4. The van der Waals surface area contributed by atoms with E-state index in [1.54, 1.807) is 0 Å². The van der Waals surface area contributed by atoms with Gasteiger partial charge in [0.15, 0.2) is 0 Å². The standard InChI is InChI=1S/C18H27N3O2/c1-15-2-4-16(5-3-15)19-18(22)14-20-8-6-17(7-9-20)21-10-12-23-13-11-21/h2-5,17H,6-14H2,1H3,(H,19,22). The van der Waals surface area contributed by atoms with Crippen molar-refractivity contribution < 1.29 is 9.53 Å². The summed E-state index contributed by atoms with van der Waals surface area (Å²) in [6.45, 7) is 8.37. The van der Waals surface area contributed by atoms with Crippen molar-refractivity contribution in [1.82, 2.24) is 9.80 Å². The van der Waals surface area contributed by atoms with Crippen molar-refractivity contribution in [2.24, 2.45) is 0 Å². The molecule has 0 bridgehead atoms. The van der Waals surface area contributed by atoms with Crippen LogP contribution in [-0.4, -0.2) is 67.7 Å². The molecule has 0 aromatic heterocycles. The normalized spacial score (nSPS) is 21.3. The third-order valence-corrected chi connectivity index (χ3v) is 4.82. The summed E-state index contributed by atoms with van der Waals surface area (Å²) in [5.41, 5.74) is 2.08. The molecular weight excluding hydrogens is 290 g/mol. The second kappa shape index (κ2) is 7.90. The number of ether oxygens (including phenoxy) is 1. The van der Waals surface area contributed by atoms with Gasteiger partial charge in [0.05, 0.1) is 19.8 Å². The van der Waals surface area contributed by atoms with Crippen molar-refractivity contribution >= 4 is 11.6 Å². The van der Waals surface area contributed by atoms with Crippen LogP contribution >= 0.6 is 0 Å². The lowest BCUT2D eigenvalue weighted by Crippen LogP contribution is -2.50. The fraction of sp³-hybridized carbons (Fsp3) is 0.611. The molecule has 0 unspecified atom stereocenters. The fourth-order valence-electron chi connectivity index (χ4n) is 3.43. The number of anilines is 1. The summed E-state index contributed by atoms with van der Waals surface area (Å²) in [4.78, 5) is 17.0. The van der Waals surface area contributed by atoms with Crippen molar-refractivity contribution in [1.29, 1.82) is 0 Å². The van der Waals surface area contributed by atoms with E-state index in [2.05, 4.69) is 15.1 Å². The lowest BCUT2D eigenvalue weighted by molar-refractivity contribution is -0.117. The summed E-state index contributed by atoms with van der Waals surface area (Å²) in [5, 5.41) is 2.98. The maximum absolute atomic E-state index is 12.2. The molecule has 126 valence electrons. The van der Waals surface area contributed by atoms with E-state index in [1.165, 1.54) is 5.56 Å². The van der Waals surface area contributed by atoms with E-state index in [0.717, 1.165) is 57.9 Å². The highest BCUT2D eigenvalue weighted by Gasteiger charge is 2.26. The van der Waals surface area contributed by atoms with E-state index in [0.29, 0.717) is 12.6 Å². The molecule has 2 aliphatic rings. The zero-order valence-electron chi connectivity index (χ0n) is 14.0. The lowest BCUT2D eigenvalue weighted by atomic mass is 10.0. The van der Waals surface area contributed by atoms with E-state index in [1.807, 2.05) is 31.2 Å². The molecule has 1 amide bonds. The molecule has 3 rings (SSSR count). The van der Waals surface area contributed by atoms with Crippen LogP contribution in [0.1, 0.15) is 18.4 Å². The Kier molecular flexibility index (Phi) is 5.65. The summed E-state index contributed by atoms with van der Waals surface area (Å²) in [7, 11) is 0. The molecule has 2 saturated heterocycles.